The lowest BCUT2D eigenvalue weighted by Gasteiger charge is -2.37. The molecule has 274 valence electrons. The van der Waals surface area contributed by atoms with E-state index in [1.165, 1.54) is 44.5 Å². The van der Waals surface area contributed by atoms with Crippen molar-refractivity contribution >= 4 is 34.7 Å². The monoisotopic (exact) mass is 695 g/mol. The number of fused-ring (bicyclic) bond motifs is 1. The molecular weight excluding hydrogens is 640 g/mol. The van der Waals surface area contributed by atoms with Crippen LogP contribution in [0.25, 0.3) is 11.2 Å². The van der Waals surface area contributed by atoms with Crippen LogP contribution in [0, 0.1) is 17.6 Å². The van der Waals surface area contributed by atoms with E-state index in [-0.39, 0.29) is 37.0 Å². The van der Waals surface area contributed by atoms with Crippen LogP contribution in [-0.2, 0) is 9.53 Å². The molecule has 4 fully saturated rings. The molecule has 2 saturated heterocycles. The molecular formula is C37H55F2N9O2. The molecule has 4 aliphatic rings. The zero-order valence-electron chi connectivity index (χ0n) is 28.8. The maximum atomic E-state index is 14.8. The SMILES string of the molecule is C.CN1CCN(C(=O)C2CCC(n3c(Nc4ccc(F)cc4F)nc4cnc(NC5CCC(OCCN6CCCCC6)CC5)nc43)CC2)CC1. The number of amides is 1. The van der Waals surface area contributed by atoms with E-state index < -0.39 is 11.6 Å². The lowest BCUT2D eigenvalue weighted by atomic mass is 9.85. The van der Waals surface area contributed by atoms with Gasteiger partial charge in [-0.25, -0.2) is 18.7 Å². The molecule has 2 N–H and O–H groups in total. The number of imidazole rings is 1. The molecule has 7 rings (SSSR count). The number of piperidine rings is 1. The zero-order valence-corrected chi connectivity index (χ0v) is 28.8. The predicted octanol–water partition coefficient (Wildman–Crippen LogP) is 6.22. The predicted molar refractivity (Wildman–Crippen MR) is 193 cm³/mol. The molecule has 0 bridgehead atoms. The van der Waals surface area contributed by atoms with Gasteiger partial charge in [0.1, 0.15) is 17.2 Å². The molecule has 2 saturated carbocycles. The van der Waals surface area contributed by atoms with E-state index in [2.05, 4.69) is 32.5 Å². The van der Waals surface area contributed by atoms with Gasteiger partial charge >= 0.3 is 0 Å². The molecule has 13 heteroatoms. The van der Waals surface area contributed by atoms with Crippen LogP contribution in [-0.4, -0.2) is 112 Å². The van der Waals surface area contributed by atoms with Crippen molar-refractivity contribution in [3.63, 3.8) is 0 Å². The summed E-state index contributed by atoms with van der Waals surface area (Å²) in [5.41, 5.74) is 1.39. The number of nitrogens with one attached hydrogen (secondary N) is 2. The Hall–Kier alpha value is -3.42. The Morgan fingerprint density at radius 3 is 2.38 bits per heavy atom. The van der Waals surface area contributed by atoms with E-state index in [0.29, 0.717) is 29.2 Å². The summed E-state index contributed by atoms with van der Waals surface area (Å²) in [6.07, 6.45) is 13.0. The summed E-state index contributed by atoms with van der Waals surface area (Å²) in [5, 5.41) is 6.68. The van der Waals surface area contributed by atoms with Gasteiger partial charge in [0.15, 0.2) is 5.65 Å². The fourth-order valence-corrected chi connectivity index (χ4v) is 8.06. The van der Waals surface area contributed by atoms with Gasteiger partial charge in [-0.15, -0.1) is 0 Å². The topological polar surface area (TPSA) is 104 Å². The summed E-state index contributed by atoms with van der Waals surface area (Å²) in [4.78, 5) is 34.5. The Bertz CT molecular complexity index is 1560. The molecule has 50 heavy (non-hydrogen) atoms. The van der Waals surface area contributed by atoms with E-state index in [4.69, 9.17) is 14.7 Å². The summed E-state index contributed by atoms with van der Waals surface area (Å²) in [6.45, 7) is 7.58. The van der Waals surface area contributed by atoms with Crippen molar-refractivity contribution in [2.75, 3.05) is 70.1 Å². The van der Waals surface area contributed by atoms with Gasteiger partial charge in [0.2, 0.25) is 17.8 Å². The second kappa shape index (κ2) is 16.7. The first-order valence-corrected chi connectivity index (χ1v) is 18.4. The number of rotatable bonds is 10. The Labute approximate surface area is 295 Å². The molecule has 3 aromatic rings. The second-order valence-corrected chi connectivity index (χ2v) is 14.5. The van der Waals surface area contributed by atoms with Gasteiger partial charge in [0.05, 0.1) is 24.6 Å². The van der Waals surface area contributed by atoms with Crippen molar-refractivity contribution in [1.82, 2.24) is 34.2 Å². The maximum Gasteiger partial charge on any atom is 0.225 e. The minimum absolute atomic E-state index is 0. The average molecular weight is 696 g/mol. The normalized spacial score (nSPS) is 25.3. The van der Waals surface area contributed by atoms with Gasteiger partial charge < -0.3 is 30.1 Å². The summed E-state index contributed by atoms with van der Waals surface area (Å²) < 4.78 is 36.8. The van der Waals surface area contributed by atoms with Crippen molar-refractivity contribution in [1.29, 1.82) is 0 Å². The highest BCUT2D eigenvalue weighted by atomic mass is 19.1. The number of benzene rings is 1. The fourth-order valence-electron chi connectivity index (χ4n) is 8.06. The van der Waals surface area contributed by atoms with Crippen LogP contribution < -0.4 is 10.6 Å². The molecule has 0 spiro atoms. The third kappa shape index (κ3) is 8.71. The number of carbonyl (C=O) groups excluding carboxylic acids is 1. The summed E-state index contributed by atoms with van der Waals surface area (Å²) >= 11 is 0. The van der Waals surface area contributed by atoms with E-state index in [1.807, 2.05) is 9.47 Å². The van der Waals surface area contributed by atoms with E-state index in [1.54, 1.807) is 6.20 Å². The van der Waals surface area contributed by atoms with Gasteiger partial charge in [-0.3, -0.25) is 9.36 Å². The van der Waals surface area contributed by atoms with Crippen LogP contribution in [0.3, 0.4) is 0 Å². The van der Waals surface area contributed by atoms with Crippen molar-refractivity contribution in [3.05, 3.63) is 36.0 Å². The number of hydrogen-bond donors (Lipinski definition) is 2. The van der Waals surface area contributed by atoms with E-state index >= 15 is 0 Å². The average Bonchev–Trinajstić information content (AvgIpc) is 3.48. The molecule has 2 aliphatic heterocycles. The third-order valence-electron chi connectivity index (χ3n) is 11.1. The smallest absolute Gasteiger partial charge is 0.225 e. The number of anilines is 3. The van der Waals surface area contributed by atoms with Crippen molar-refractivity contribution in [2.24, 2.45) is 5.92 Å². The number of hydrogen-bond acceptors (Lipinski definition) is 9. The van der Waals surface area contributed by atoms with E-state index in [9.17, 15) is 13.6 Å². The largest absolute Gasteiger partial charge is 0.377 e. The highest BCUT2D eigenvalue weighted by molar-refractivity contribution is 5.79. The number of carbonyl (C=O) groups is 1. The molecule has 0 radical (unpaired) electrons. The number of nitrogens with zero attached hydrogens (tertiary/aromatic N) is 7. The molecule has 2 aromatic heterocycles. The standard InChI is InChI=1S/C36H51F2N9O2.CH4/c1-44-17-19-46(20-18-44)34(48)25-5-10-28(11-6-25)47-33-32(42-36(47)41-31-14-7-26(37)23-30(31)38)24-39-35(43-33)40-27-8-12-29(13-9-27)49-22-21-45-15-3-2-4-16-45;/h7,14,23-25,27-29H,2-6,8-13,15-22H2,1H3,(H,41,42)(H,39,40,43);1H4. The molecule has 0 unspecified atom stereocenters. The van der Waals surface area contributed by atoms with Crippen LogP contribution in [0.15, 0.2) is 24.4 Å². The minimum atomic E-state index is -0.695. The highest BCUT2D eigenvalue weighted by Crippen LogP contribution is 2.38. The van der Waals surface area contributed by atoms with Crippen molar-refractivity contribution in [2.45, 2.75) is 96.2 Å². The summed E-state index contributed by atoms with van der Waals surface area (Å²) in [5.74, 6) is -0.107. The van der Waals surface area contributed by atoms with E-state index in [0.717, 1.165) is 96.8 Å². The number of likely N-dealkylation sites (tertiary alicyclic amines) is 1. The lowest BCUT2D eigenvalue weighted by Crippen LogP contribution is -2.49. The van der Waals surface area contributed by atoms with Crippen LogP contribution in [0.4, 0.5) is 26.4 Å². The van der Waals surface area contributed by atoms with Gasteiger partial charge in [-0.05, 0) is 96.5 Å². The summed E-state index contributed by atoms with van der Waals surface area (Å²) in [7, 11) is 2.09. The summed E-state index contributed by atoms with van der Waals surface area (Å²) in [6, 6.07) is 3.72. The van der Waals surface area contributed by atoms with Gasteiger partial charge in [-0.2, -0.15) is 4.98 Å². The zero-order chi connectivity index (χ0) is 33.7. The van der Waals surface area contributed by atoms with Crippen molar-refractivity contribution < 1.29 is 18.3 Å². The van der Waals surface area contributed by atoms with Gasteiger partial charge in [0.25, 0.3) is 0 Å². The Morgan fingerprint density at radius 1 is 0.920 bits per heavy atom. The molecule has 1 aromatic carbocycles. The molecule has 1 amide bonds. The second-order valence-electron chi connectivity index (χ2n) is 14.5. The van der Waals surface area contributed by atoms with Crippen molar-refractivity contribution in [3.8, 4) is 0 Å². The number of aromatic nitrogens is 4. The first-order chi connectivity index (χ1) is 23.9. The minimum Gasteiger partial charge on any atom is -0.377 e. The number of ether oxygens (including phenoxy) is 1. The first-order valence-electron chi connectivity index (χ1n) is 18.4. The Kier molecular flexibility index (Phi) is 12.2. The van der Waals surface area contributed by atoms with Crippen LogP contribution in [0.2, 0.25) is 0 Å². The Morgan fingerprint density at radius 2 is 1.66 bits per heavy atom. The van der Waals surface area contributed by atoms with Gasteiger partial charge in [0, 0.05) is 56.8 Å². The maximum absolute atomic E-state index is 14.8. The van der Waals surface area contributed by atoms with Gasteiger partial charge in [-0.1, -0.05) is 13.8 Å². The third-order valence-corrected chi connectivity index (χ3v) is 11.1. The lowest BCUT2D eigenvalue weighted by molar-refractivity contribution is -0.138. The number of halogens is 2. The number of likely N-dealkylation sites (N-methyl/N-ethyl adjacent to an activating group) is 1. The first kappa shape index (κ1) is 36.4. The quantitative estimate of drug-likeness (QED) is 0.256. The molecule has 11 nitrogen and oxygen atoms in total. The molecule has 4 heterocycles. The molecule has 0 atom stereocenters. The number of piperazine rings is 1. The highest BCUT2D eigenvalue weighted by Gasteiger charge is 2.33. The fraction of sp³-hybridized carbons (Fsp3) is 0.676. The Balaban J connectivity index is 0.00000432. The van der Waals surface area contributed by atoms with Crippen LogP contribution >= 0.6 is 0 Å². The van der Waals surface area contributed by atoms with Crippen LogP contribution in [0.1, 0.15) is 84.1 Å². The van der Waals surface area contributed by atoms with Crippen LogP contribution in [0.5, 0.6) is 0 Å². The molecule has 2 aliphatic carbocycles.